The van der Waals surface area contributed by atoms with Gasteiger partial charge >= 0.3 is 0 Å². The van der Waals surface area contributed by atoms with Crippen molar-refractivity contribution in [2.75, 3.05) is 0 Å². The van der Waals surface area contributed by atoms with Crippen molar-refractivity contribution in [2.45, 2.75) is 38.1 Å². The summed E-state index contributed by atoms with van der Waals surface area (Å²) in [6, 6.07) is 2.26. The van der Waals surface area contributed by atoms with Gasteiger partial charge in [0.2, 0.25) is 0 Å². The summed E-state index contributed by atoms with van der Waals surface area (Å²) in [5.41, 5.74) is 6.83. The van der Waals surface area contributed by atoms with Gasteiger partial charge in [0.1, 0.15) is 5.78 Å². The minimum absolute atomic E-state index is 0.203. The number of pyridine rings is 1. The lowest BCUT2D eigenvalue weighted by Crippen LogP contribution is -2.30. The van der Waals surface area contributed by atoms with Gasteiger partial charge in [0.25, 0.3) is 0 Å². The molecule has 0 amide bonds. The Hall–Kier alpha value is -0.740. The Labute approximate surface area is 110 Å². The van der Waals surface area contributed by atoms with Gasteiger partial charge in [0.05, 0.1) is 0 Å². The van der Waals surface area contributed by atoms with E-state index in [1.807, 2.05) is 6.07 Å². The van der Waals surface area contributed by atoms with Gasteiger partial charge in [-0.1, -0.05) is 0 Å². The maximum absolute atomic E-state index is 12.1. The van der Waals surface area contributed by atoms with Crippen molar-refractivity contribution in [2.24, 2.45) is 11.7 Å². The van der Waals surface area contributed by atoms with Gasteiger partial charge in [-0.15, -0.1) is 0 Å². The van der Waals surface area contributed by atoms with Crippen LogP contribution >= 0.6 is 15.9 Å². The summed E-state index contributed by atoms with van der Waals surface area (Å²) in [5.74, 6) is 0.533. The van der Waals surface area contributed by atoms with Crippen molar-refractivity contribution in [3.05, 3.63) is 28.5 Å². The van der Waals surface area contributed by atoms with Crippen LogP contribution in [0, 0.1) is 5.92 Å². The number of Topliss-reactive ketones (excluding diaryl/α,β-unsaturated/α-hetero) is 1. The molecule has 0 aromatic carbocycles. The van der Waals surface area contributed by atoms with E-state index in [2.05, 4.69) is 20.9 Å². The molecule has 1 aromatic rings. The molecule has 1 heterocycles. The molecule has 0 atom stereocenters. The molecule has 3 nitrogen and oxygen atoms in total. The minimum Gasteiger partial charge on any atom is -0.328 e. The van der Waals surface area contributed by atoms with Crippen LogP contribution in [0.5, 0.6) is 0 Å². The van der Waals surface area contributed by atoms with Crippen molar-refractivity contribution in [1.29, 1.82) is 0 Å². The second kappa shape index (κ2) is 5.74. The van der Waals surface area contributed by atoms with E-state index in [1.54, 1.807) is 12.4 Å². The molecule has 2 N–H and O–H groups in total. The molecule has 0 bridgehead atoms. The lowest BCUT2D eigenvalue weighted by atomic mass is 9.82. The predicted octanol–water partition coefficient (Wildman–Crippen LogP) is 2.47. The van der Waals surface area contributed by atoms with E-state index in [4.69, 9.17) is 5.73 Å². The van der Waals surface area contributed by atoms with Crippen LogP contribution in [0.1, 0.15) is 31.2 Å². The zero-order chi connectivity index (χ0) is 12.3. The van der Waals surface area contributed by atoms with E-state index in [9.17, 15) is 4.79 Å². The third kappa shape index (κ3) is 3.61. The van der Waals surface area contributed by atoms with Crippen molar-refractivity contribution in [3.8, 4) is 0 Å². The molecule has 1 aromatic heterocycles. The molecule has 4 heteroatoms. The SMILES string of the molecule is NC1CCC(C(=O)Cc2cncc(Br)c2)CC1. The largest absolute Gasteiger partial charge is 0.328 e. The topological polar surface area (TPSA) is 56.0 Å². The normalized spacial score (nSPS) is 24.6. The Morgan fingerprint density at radius 2 is 2.06 bits per heavy atom. The number of nitrogens with zero attached hydrogens (tertiary/aromatic N) is 1. The zero-order valence-electron chi connectivity index (χ0n) is 9.73. The van der Waals surface area contributed by atoms with Gasteiger partial charge in [0.15, 0.2) is 0 Å². The van der Waals surface area contributed by atoms with Crippen molar-refractivity contribution in [1.82, 2.24) is 4.98 Å². The van der Waals surface area contributed by atoms with E-state index in [0.29, 0.717) is 18.2 Å². The molecule has 0 radical (unpaired) electrons. The molecule has 0 unspecified atom stereocenters. The highest BCUT2D eigenvalue weighted by molar-refractivity contribution is 9.10. The second-order valence-electron chi connectivity index (χ2n) is 4.77. The number of hydrogen-bond acceptors (Lipinski definition) is 3. The van der Waals surface area contributed by atoms with Gasteiger partial charge < -0.3 is 5.73 Å². The number of hydrogen-bond donors (Lipinski definition) is 1. The Morgan fingerprint density at radius 3 is 2.71 bits per heavy atom. The van der Waals surface area contributed by atoms with E-state index in [0.717, 1.165) is 35.7 Å². The van der Waals surface area contributed by atoms with Gasteiger partial charge in [-0.2, -0.15) is 0 Å². The van der Waals surface area contributed by atoms with Gasteiger partial charge in [-0.05, 0) is 53.2 Å². The lowest BCUT2D eigenvalue weighted by Gasteiger charge is -2.24. The Bertz CT molecular complexity index is 400. The number of carbonyl (C=O) groups is 1. The van der Waals surface area contributed by atoms with Crippen LogP contribution in [0.3, 0.4) is 0 Å². The Morgan fingerprint density at radius 1 is 1.35 bits per heavy atom. The predicted molar refractivity (Wildman–Crippen MR) is 70.6 cm³/mol. The fourth-order valence-electron chi connectivity index (χ4n) is 2.34. The van der Waals surface area contributed by atoms with E-state index in [1.165, 1.54) is 0 Å². The monoisotopic (exact) mass is 296 g/mol. The van der Waals surface area contributed by atoms with Crippen molar-refractivity contribution >= 4 is 21.7 Å². The van der Waals surface area contributed by atoms with E-state index in [-0.39, 0.29) is 5.92 Å². The first-order valence-electron chi connectivity index (χ1n) is 6.03. The highest BCUT2D eigenvalue weighted by Gasteiger charge is 2.24. The number of rotatable bonds is 3. The summed E-state index contributed by atoms with van der Waals surface area (Å²) in [6.45, 7) is 0. The van der Waals surface area contributed by atoms with Gasteiger partial charge in [-0.3, -0.25) is 9.78 Å². The first-order chi connectivity index (χ1) is 8.15. The molecular formula is C13H17BrN2O. The van der Waals surface area contributed by atoms with Crippen LogP contribution in [0.25, 0.3) is 0 Å². The summed E-state index contributed by atoms with van der Waals surface area (Å²) in [5, 5.41) is 0. The second-order valence-corrected chi connectivity index (χ2v) is 5.68. The van der Waals surface area contributed by atoms with E-state index < -0.39 is 0 Å². The van der Waals surface area contributed by atoms with Crippen LogP contribution in [0.15, 0.2) is 22.9 Å². The summed E-state index contributed by atoms with van der Waals surface area (Å²) in [6.07, 6.45) is 7.83. The fourth-order valence-corrected chi connectivity index (χ4v) is 2.75. The maximum Gasteiger partial charge on any atom is 0.140 e. The number of carbonyl (C=O) groups excluding carboxylic acids is 1. The van der Waals surface area contributed by atoms with E-state index >= 15 is 0 Å². The van der Waals surface area contributed by atoms with Crippen LogP contribution in [0.4, 0.5) is 0 Å². The first kappa shape index (κ1) is 12.7. The highest BCUT2D eigenvalue weighted by Crippen LogP contribution is 2.25. The molecule has 0 spiro atoms. The van der Waals surface area contributed by atoms with Crippen LogP contribution in [-0.2, 0) is 11.2 Å². The minimum atomic E-state index is 0.203. The van der Waals surface area contributed by atoms with Gasteiger partial charge in [0, 0.05) is 35.2 Å². The molecule has 1 saturated carbocycles. The number of nitrogens with two attached hydrogens (primary N) is 1. The molecule has 0 saturated heterocycles. The molecule has 0 aliphatic heterocycles. The zero-order valence-corrected chi connectivity index (χ0v) is 11.3. The quantitative estimate of drug-likeness (QED) is 0.932. The smallest absolute Gasteiger partial charge is 0.140 e. The molecular weight excluding hydrogens is 280 g/mol. The highest BCUT2D eigenvalue weighted by atomic mass is 79.9. The summed E-state index contributed by atoms with van der Waals surface area (Å²) >= 11 is 3.37. The molecule has 1 aliphatic carbocycles. The molecule has 1 fully saturated rings. The molecule has 92 valence electrons. The fraction of sp³-hybridized carbons (Fsp3) is 0.538. The lowest BCUT2D eigenvalue weighted by molar-refractivity contribution is -0.123. The maximum atomic E-state index is 12.1. The molecule has 1 aliphatic rings. The Balaban J connectivity index is 1.93. The average molecular weight is 297 g/mol. The Kier molecular flexibility index (Phi) is 4.29. The van der Waals surface area contributed by atoms with Gasteiger partial charge in [-0.25, -0.2) is 0 Å². The first-order valence-corrected chi connectivity index (χ1v) is 6.82. The number of aromatic nitrogens is 1. The number of halogens is 1. The average Bonchev–Trinajstić information content (AvgIpc) is 2.29. The third-order valence-electron chi connectivity index (χ3n) is 3.37. The third-order valence-corrected chi connectivity index (χ3v) is 3.80. The van der Waals surface area contributed by atoms with Crippen molar-refractivity contribution < 1.29 is 4.79 Å². The molecule has 2 rings (SSSR count). The summed E-state index contributed by atoms with van der Waals surface area (Å²) in [7, 11) is 0. The van der Waals surface area contributed by atoms with Crippen LogP contribution in [0.2, 0.25) is 0 Å². The standard InChI is InChI=1S/C13H17BrN2O/c14-11-5-9(7-16-8-11)6-13(17)10-1-3-12(15)4-2-10/h5,7-8,10,12H,1-4,6,15H2. The summed E-state index contributed by atoms with van der Waals surface area (Å²) < 4.78 is 0.925. The number of ketones is 1. The van der Waals surface area contributed by atoms with Crippen LogP contribution in [-0.4, -0.2) is 16.8 Å². The molecule has 17 heavy (non-hydrogen) atoms. The summed E-state index contributed by atoms with van der Waals surface area (Å²) in [4.78, 5) is 16.2. The van der Waals surface area contributed by atoms with Crippen molar-refractivity contribution in [3.63, 3.8) is 0 Å². The van der Waals surface area contributed by atoms with Crippen LogP contribution < -0.4 is 5.73 Å².